The molecule has 0 saturated heterocycles. The zero-order valence-electron chi connectivity index (χ0n) is 13.7. The third-order valence-electron chi connectivity index (χ3n) is 3.19. The first-order valence-electron chi connectivity index (χ1n) is 7.24. The predicted octanol–water partition coefficient (Wildman–Crippen LogP) is 1.82. The second-order valence-electron chi connectivity index (χ2n) is 4.89. The van der Waals surface area contributed by atoms with E-state index in [2.05, 4.69) is 15.3 Å². The van der Waals surface area contributed by atoms with E-state index in [-0.39, 0.29) is 12.3 Å². The van der Waals surface area contributed by atoms with Gasteiger partial charge >= 0.3 is 5.97 Å². The number of hydrogen-bond donors (Lipinski definition) is 1. The van der Waals surface area contributed by atoms with Gasteiger partial charge in [-0.05, 0) is 45.9 Å². The third-order valence-corrected chi connectivity index (χ3v) is 3.74. The summed E-state index contributed by atoms with van der Waals surface area (Å²) in [5, 5.41) is 3.34. The van der Waals surface area contributed by atoms with Crippen LogP contribution in [-0.2, 0) is 20.7 Å². The van der Waals surface area contributed by atoms with Crippen LogP contribution in [0.5, 0.6) is 0 Å². The molecule has 0 aliphatic heterocycles. The van der Waals surface area contributed by atoms with E-state index in [9.17, 15) is 9.59 Å². The Balaban J connectivity index is 2.59. The molecule has 0 fully saturated rings. The summed E-state index contributed by atoms with van der Waals surface area (Å²) in [5.41, 5.74) is 2.71. The van der Waals surface area contributed by atoms with Crippen LogP contribution in [0.25, 0.3) is 0 Å². The van der Waals surface area contributed by atoms with Crippen LogP contribution in [0.4, 0.5) is 0 Å². The summed E-state index contributed by atoms with van der Waals surface area (Å²) in [7, 11) is 0. The van der Waals surface area contributed by atoms with Gasteiger partial charge in [0.25, 0.3) is 5.91 Å². The van der Waals surface area contributed by atoms with Gasteiger partial charge in [-0.2, -0.15) is 0 Å². The van der Waals surface area contributed by atoms with Crippen LogP contribution in [0, 0.1) is 13.8 Å². The number of carbonyl (C=O) groups is 2. The second kappa shape index (κ2) is 8.73. The standard InChI is InChI=1S/C15H23N3O3S/c1-6-16-14(20)11(4)21-13(19)8-7-12-9(2)17-15(22-5)18-10(12)3/h11H,6-8H2,1-5H3,(H,16,20)/t11-/m1/s1. The largest absolute Gasteiger partial charge is 0.453 e. The molecular weight excluding hydrogens is 302 g/mol. The van der Waals surface area contributed by atoms with Crippen molar-refractivity contribution < 1.29 is 14.3 Å². The molecule has 1 heterocycles. The van der Waals surface area contributed by atoms with E-state index >= 15 is 0 Å². The fraction of sp³-hybridized carbons (Fsp3) is 0.600. The maximum Gasteiger partial charge on any atom is 0.306 e. The van der Waals surface area contributed by atoms with Gasteiger partial charge in [0, 0.05) is 24.4 Å². The molecule has 1 rings (SSSR count). The summed E-state index contributed by atoms with van der Waals surface area (Å²) >= 11 is 1.49. The van der Waals surface area contributed by atoms with E-state index in [1.807, 2.05) is 27.0 Å². The highest BCUT2D eigenvalue weighted by atomic mass is 32.2. The van der Waals surface area contributed by atoms with Crippen molar-refractivity contribution in [2.75, 3.05) is 12.8 Å². The van der Waals surface area contributed by atoms with Crippen molar-refractivity contribution in [1.82, 2.24) is 15.3 Å². The highest BCUT2D eigenvalue weighted by Crippen LogP contribution is 2.17. The Morgan fingerprint density at radius 1 is 1.27 bits per heavy atom. The van der Waals surface area contributed by atoms with Crippen molar-refractivity contribution in [3.63, 3.8) is 0 Å². The molecule has 7 heteroatoms. The molecule has 0 aliphatic carbocycles. The van der Waals surface area contributed by atoms with Crippen LogP contribution in [0.15, 0.2) is 5.16 Å². The van der Waals surface area contributed by atoms with Crippen molar-refractivity contribution in [2.24, 2.45) is 0 Å². The zero-order chi connectivity index (χ0) is 16.7. The van der Waals surface area contributed by atoms with Gasteiger partial charge in [-0.1, -0.05) is 11.8 Å². The Labute approximate surface area is 135 Å². The van der Waals surface area contributed by atoms with E-state index in [1.54, 1.807) is 6.92 Å². The minimum Gasteiger partial charge on any atom is -0.453 e. The molecule has 0 radical (unpaired) electrons. The molecule has 0 spiro atoms. The summed E-state index contributed by atoms with van der Waals surface area (Å²) in [6.45, 7) is 7.71. The summed E-state index contributed by atoms with van der Waals surface area (Å²) in [6.07, 6.45) is 1.86. The van der Waals surface area contributed by atoms with Gasteiger partial charge in [-0.15, -0.1) is 0 Å². The molecule has 0 unspecified atom stereocenters. The lowest BCUT2D eigenvalue weighted by molar-refractivity contribution is -0.154. The number of aryl methyl sites for hydroxylation is 2. The maximum atomic E-state index is 11.8. The first-order valence-corrected chi connectivity index (χ1v) is 8.46. The molecular formula is C15H23N3O3S. The Kier molecular flexibility index (Phi) is 7.31. The van der Waals surface area contributed by atoms with Gasteiger partial charge in [0.05, 0.1) is 0 Å². The predicted molar refractivity (Wildman–Crippen MR) is 85.8 cm³/mol. The topological polar surface area (TPSA) is 81.2 Å². The molecule has 122 valence electrons. The molecule has 22 heavy (non-hydrogen) atoms. The van der Waals surface area contributed by atoms with Crippen molar-refractivity contribution >= 4 is 23.6 Å². The first kappa shape index (κ1) is 18.4. The fourth-order valence-electron chi connectivity index (χ4n) is 2.02. The van der Waals surface area contributed by atoms with Crippen LogP contribution in [0.3, 0.4) is 0 Å². The molecule has 1 aromatic rings. The number of aromatic nitrogens is 2. The van der Waals surface area contributed by atoms with Gasteiger partial charge in [0.2, 0.25) is 0 Å². The van der Waals surface area contributed by atoms with Crippen LogP contribution >= 0.6 is 11.8 Å². The molecule has 6 nitrogen and oxygen atoms in total. The molecule has 1 amide bonds. The number of amides is 1. The van der Waals surface area contributed by atoms with E-state index in [1.165, 1.54) is 11.8 Å². The van der Waals surface area contributed by atoms with Crippen LogP contribution in [0.2, 0.25) is 0 Å². The number of nitrogens with one attached hydrogen (secondary N) is 1. The molecule has 0 aliphatic rings. The van der Waals surface area contributed by atoms with Crippen LogP contribution < -0.4 is 5.32 Å². The summed E-state index contributed by atoms with van der Waals surface area (Å²) in [5.74, 6) is -0.678. The SMILES string of the molecule is CCNC(=O)[C@@H](C)OC(=O)CCc1c(C)nc(SC)nc1C. The molecule has 1 N–H and O–H groups in total. The van der Waals surface area contributed by atoms with Crippen molar-refractivity contribution in [3.8, 4) is 0 Å². The smallest absolute Gasteiger partial charge is 0.306 e. The Morgan fingerprint density at radius 3 is 2.36 bits per heavy atom. The van der Waals surface area contributed by atoms with Gasteiger partial charge in [0.15, 0.2) is 11.3 Å². The number of likely N-dealkylation sites (N-methyl/N-ethyl adjacent to an activating group) is 1. The van der Waals surface area contributed by atoms with E-state index in [4.69, 9.17) is 4.74 Å². The number of carbonyl (C=O) groups excluding carboxylic acids is 2. The highest BCUT2D eigenvalue weighted by Gasteiger charge is 2.17. The summed E-state index contributed by atoms with van der Waals surface area (Å²) < 4.78 is 5.12. The van der Waals surface area contributed by atoms with E-state index in [0.717, 1.165) is 22.1 Å². The lowest BCUT2D eigenvalue weighted by atomic mass is 10.1. The van der Waals surface area contributed by atoms with Gasteiger partial charge < -0.3 is 10.1 Å². The van der Waals surface area contributed by atoms with Gasteiger partial charge in [-0.3, -0.25) is 9.59 Å². The Bertz CT molecular complexity index is 526. The number of ether oxygens (including phenoxy) is 1. The number of rotatable bonds is 7. The average molecular weight is 325 g/mol. The number of nitrogens with zero attached hydrogens (tertiary/aromatic N) is 2. The molecule has 0 aromatic carbocycles. The minimum atomic E-state index is -0.773. The lowest BCUT2D eigenvalue weighted by Gasteiger charge is -2.13. The van der Waals surface area contributed by atoms with Gasteiger partial charge in [0.1, 0.15) is 0 Å². The quantitative estimate of drug-likeness (QED) is 0.468. The minimum absolute atomic E-state index is 0.202. The Morgan fingerprint density at radius 2 is 1.86 bits per heavy atom. The molecule has 0 bridgehead atoms. The maximum absolute atomic E-state index is 11.8. The number of esters is 1. The number of thioether (sulfide) groups is 1. The van der Waals surface area contributed by atoms with Crippen molar-refractivity contribution in [2.45, 2.75) is 51.8 Å². The second-order valence-corrected chi connectivity index (χ2v) is 5.66. The molecule has 1 aromatic heterocycles. The van der Waals surface area contributed by atoms with Crippen LogP contribution in [0.1, 0.15) is 37.2 Å². The van der Waals surface area contributed by atoms with Crippen molar-refractivity contribution in [1.29, 1.82) is 0 Å². The van der Waals surface area contributed by atoms with Crippen molar-refractivity contribution in [3.05, 3.63) is 17.0 Å². The summed E-state index contributed by atoms with van der Waals surface area (Å²) in [6, 6.07) is 0. The first-order chi connectivity index (χ1) is 10.4. The average Bonchev–Trinajstić information content (AvgIpc) is 2.46. The zero-order valence-corrected chi connectivity index (χ0v) is 14.5. The number of hydrogen-bond acceptors (Lipinski definition) is 6. The molecule has 0 saturated carbocycles. The van der Waals surface area contributed by atoms with Crippen LogP contribution in [-0.4, -0.2) is 40.7 Å². The normalized spacial score (nSPS) is 11.9. The van der Waals surface area contributed by atoms with E-state index < -0.39 is 12.1 Å². The lowest BCUT2D eigenvalue weighted by Crippen LogP contribution is -2.35. The highest BCUT2D eigenvalue weighted by molar-refractivity contribution is 7.98. The van der Waals surface area contributed by atoms with E-state index in [0.29, 0.717) is 13.0 Å². The molecule has 1 atom stereocenters. The summed E-state index contributed by atoms with van der Waals surface area (Å²) in [4.78, 5) is 32.1. The van der Waals surface area contributed by atoms with Gasteiger partial charge in [-0.25, -0.2) is 9.97 Å². The Hall–Kier alpha value is -1.63. The monoisotopic (exact) mass is 325 g/mol. The fourth-order valence-corrected chi connectivity index (χ4v) is 2.47. The third kappa shape index (κ3) is 5.29.